The number of rotatable bonds is 6. The number of hydrogen-bond donors (Lipinski definition) is 2. The maximum Gasteiger partial charge on any atom is 0.325 e. The molecule has 5 rings (SSSR count). The fourth-order valence-electron chi connectivity index (χ4n) is 4.28. The van der Waals surface area contributed by atoms with Gasteiger partial charge in [0.2, 0.25) is 11.1 Å². The lowest BCUT2D eigenvalue weighted by Crippen LogP contribution is -2.61. The lowest BCUT2D eigenvalue weighted by Gasteiger charge is -2.31. The molecule has 1 amide bonds. The molecule has 1 aliphatic heterocycles. The monoisotopic (exact) mass is 473 g/mol. The van der Waals surface area contributed by atoms with Gasteiger partial charge in [-0.05, 0) is 23.2 Å². The SMILES string of the molecule is CCCSc1n[n+]2c(c(=O)[nH]1)-c1ccccc1N(C(=O)CC)[C@H]2c1cn[nH]c1-c1ccccc1. The summed E-state index contributed by atoms with van der Waals surface area (Å²) in [5, 5.41) is 12.8. The van der Waals surface area contributed by atoms with Gasteiger partial charge < -0.3 is 0 Å². The van der Waals surface area contributed by atoms with Crippen LogP contribution in [0.25, 0.3) is 22.5 Å². The van der Waals surface area contributed by atoms with Crippen molar-refractivity contribution in [1.82, 2.24) is 20.3 Å². The van der Waals surface area contributed by atoms with Crippen molar-refractivity contribution < 1.29 is 9.48 Å². The summed E-state index contributed by atoms with van der Waals surface area (Å²) >= 11 is 1.49. The maximum absolute atomic E-state index is 13.4. The van der Waals surface area contributed by atoms with Gasteiger partial charge >= 0.3 is 11.3 Å². The zero-order valence-corrected chi connectivity index (χ0v) is 19.8. The molecule has 4 aromatic rings. The third-order valence-corrected chi connectivity index (χ3v) is 6.85. The van der Waals surface area contributed by atoms with Crippen LogP contribution >= 0.6 is 11.8 Å². The molecule has 0 spiro atoms. The highest BCUT2D eigenvalue weighted by atomic mass is 32.2. The Hall–Kier alpha value is -3.72. The van der Waals surface area contributed by atoms with Crippen molar-refractivity contribution >= 4 is 23.4 Å². The van der Waals surface area contributed by atoms with Gasteiger partial charge in [-0.15, -0.1) is 0 Å². The third-order valence-electron chi connectivity index (χ3n) is 5.78. The van der Waals surface area contributed by atoms with Crippen molar-refractivity contribution in [3.8, 4) is 22.5 Å². The number of nitrogens with zero attached hydrogens (tertiary/aromatic N) is 4. The summed E-state index contributed by atoms with van der Waals surface area (Å²) in [6.45, 7) is 3.92. The number of thioether (sulfide) groups is 1. The molecule has 3 heterocycles. The van der Waals surface area contributed by atoms with Crippen LogP contribution in [-0.2, 0) is 4.79 Å². The number of fused-ring (bicyclic) bond motifs is 3. The van der Waals surface area contributed by atoms with Crippen LogP contribution in [0.2, 0.25) is 0 Å². The second kappa shape index (κ2) is 9.26. The van der Waals surface area contributed by atoms with Gasteiger partial charge in [0.1, 0.15) is 0 Å². The van der Waals surface area contributed by atoms with E-state index >= 15 is 0 Å². The number of carbonyl (C=O) groups is 1. The predicted molar refractivity (Wildman–Crippen MR) is 131 cm³/mol. The van der Waals surface area contributed by atoms with Crippen molar-refractivity contribution in [2.24, 2.45) is 0 Å². The summed E-state index contributed by atoms with van der Waals surface area (Å²) in [5.41, 5.74) is 4.01. The average molecular weight is 474 g/mol. The van der Waals surface area contributed by atoms with E-state index in [1.165, 1.54) is 11.8 Å². The van der Waals surface area contributed by atoms with Crippen molar-refractivity contribution in [2.75, 3.05) is 10.7 Å². The molecule has 2 aromatic heterocycles. The quantitative estimate of drug-likeness (QED) is 0.327. The third kappa shape index (κ3) is 3.71. The van der Waals surface area contributed by atoms with Crippen molar-refractivity contribution in [1.29, 1.82) is 0 Å². The molecule has 0 saturated carbocycles. The van der Waals surface area contributed by atoms with E-state index in [1.54, 1.807) is 15.8 Å². The molecular weight excluding hydrogens is 448 g/mol. The zero-order valence-electron chi connectivity index (χ0n) is 19.0. The number of H-pyrrole nitrogens is 2. The fourth-order valence-corrected chi connectivity index (χ4v) is 4.99. The molecule has 2 N–H and O–H groups in total. The van der Waals surface area contributed by atoms with Crippen LogP contribution in [0.3, 0.4) is 0 Å². The molecule has 9 heteroatoms. The van der Waals surface area contributed by atoms with Gasteiger partial charge in [0.15, 0.2) is 0 Å². The molecule has 0 fully saturated rings. The topological polar surface area (TPSA) is 98.6 Å². The Morgan fingerprint density at radius 1 is 1.12 bits per heavy atom. The highest BCUT2D eigenvalue weighted by Gasteiger charge is 2.46. The van der Waals surface area contributed by atoms with Gasteiger partial charge in [-0.2, -0.15) is 5.10 Å². The molecule has 8 nitrogen and oxygen atoms in total. The Balaban J connectivity index is 1.81. The Labute approximate surface area is 201 Å². The highest BCUT2D eigenvalue weighted by Crippen LogP contribution is 2.39. The van der Waals surface area contributed by atoms with Gasteiger partial charge in [0.25, 0.3) is 6.17 Å². The first-order valence-corrected chi connectivity index (χ1v) is 12.3. The fraction of sp³-hybridized carbons (Fsp3) is 0.240. The number of carbonyl (C=O) groups excluding carboxylic acids is 1. The van der Waals surface area contributed by atoms with E-state index in [2.05, 4.69) is 22.1 Å². The summed E-state index contributed by atoms with van der Waals surface area (Å²) < 4.78 is 1.68. The second-order valence-electron chi connectivity index (χ2n) is 7.98. The lowest BCUT2D eigenvalue weighted by atomic mass is 9.99. The van der Waals surface area contributed by atoms with Gasteiger partial charge in [0.05, 0.1) is 28.7 Å². The smallest absolute Gasteiger partial charge is 0.291 e. The summed E-state index contributed by atoms with van der Waals surface area (Å²) in [6.07, 6.45) is 2.30. The first-order valence-electron chi connectivity index (χ1n) is 11.3. The molecule has 1 aliphatic rings. The van der Waals surface area contributed by atoms with E-state index in [4.69, 9.17) is 5.10 Å². The number of hydrogen-bond acceptors (Lipinski definition) is 5. The minimum atomic E-state index is -0.672. The number of para-hydroxylation sites is 1. The van der Waals surface area contributed by atoms with Gasteiger partial charge in [-0.25, -0.2) is 4.90 Å². The van der Waals surface area contributed by atoms with E-state index in [9.17, 15) is 9.59 Å². The standard InChI is InChI=1S/C25H24N6O2S/c1-3-14-34-25-27-23(33)22-17-12-8-9-13-19(17)30(20(32)4-2)24(31(22)29-25)18-15-26-28-21(18)16-10-6-5-7-11-16/h5-13,15,24H,3-4,14H2,1-2H3,(H-,26,27,28,29,33)/p+1/t24-/m1/s1. The van der Waals surface area contributed by atoms with Crippen LogP contribution in [-0.4, -0.2) is 31.9 Å². The Morgan fingerprint density at radius 2 is 1.88 bits per heavy atom. The molecule has 34 heavy (non-hydrogen) atoms. The second-order valence-corrected chi connectivity index (χ2v) is 9.06. The van der Waals surface area contributed by atoms with Crippen LogP contribution in [0, 0.1) is 0 Å². The summed E-state index contributed by atoms with van der Waals surface area (Å²) in [5.74, 6) is 0.753. The molecule has 0 aliphatic carbocycles. The van der Waals surface area contributed by atoms with E-state index in [0.717, 1.165) is 29.0 Å². The lowest BCUT2D eigenvalue weighted by molar-refractivity contribution is -0.763. The van der Waals surface area contributed by atoms with Gasteiger partial charge in [0, 0.05) is 22.8 Å². The normalized spacial score (nSPS) is 14.5. The Morgan fingerprint density at radius 3 is 2.65 bits per heavy atom. The van der Waals surface area contributed by atoms with Crippen LogP contribution < -0.4 is 15.1 Å². The van der Waals surface area contributed by atoms with E-state index in [0.29, 0.717) is 28.5 Å². The van der Waals surface area contributed by atoms with E-state index in [1.807, 2.05) is 61.5 Å². The predicted octanol–water partition coefficient (Wildman–Crippen LogP) is 3.92. The van der Waals surface area contributed by atoms with E-state index in [-0.39, 0.29) is 11.5 Å². The minimum Gasteiger partial charge on any atom is -0.291 e. The number of aromatic amines is 2. The van der Waals surface area contributed by atoms with Crippen LogP contribution in [0.4, 0.5) is 5.69 Å². The number of nitrogens with one attached hydrogen (secondary N) is 2. The maximum atomic E-state index is 13.4. The summed E-state index contributed by atoms with van der Waals surface area (Å²) in [6, 6.07) is 17.3. The largest absolute Gasteiger partial charge is 0.325 e. The first-order chi connectivity index (χ1) is 16.6. The van der Waals surface area contributed by atoms with Gasteiger partial charge in [-0.1, -0.05) is 68.1 Å². The van der Waals surface area contributed by atoms with Crippen molar-refractivity contribution in [3.63, 3.8) is 0 Å². The molecule has 172 valence electrons. The first kappa shape index (κ1) is 22.1. The minimum absolute atomic E-state index is 0.0688. The molecule has 0 unspecified atom stereocenters. The number of aromatic nitrogens is 5. The highest BCUT2D eigenvalue weighted by molar-refractivity contribution is 7.99. The van der Waals surface area contributed by atoms with Crippen LogP contribution in [0.15, 0.2) is 70.7 Å². The Bertz CT molecular complexity index is 1400. The zero-order chi connectivity index (χ0) is 23.7. The van der Waals surface area contributed by atoms with Gasteiger partial charge in [-0.3, -0.25) is 19.7 Å². The van der Waals surface area contributed by atoms with Crippen molar-refractivity contribution in [3.05, 3.63) is 76.7 Å². The molecular formula is C25H25N6O2S+. The molecule has 0 saturated heterocycles. The Kier molecular flexibility index (Phi) is 6.02. The molecule has 0 bridgehead atoms. The molecule has 0 radical (unpaired) electrons. The number of anilines is 1. The summed E-state index contributed by atoms with van der Waals surface area (Å²) in [4.78, 5) is 31.4. The van der Waals surface area contributed by atoms with E-state index < -0.39 is 6.17 Å². The number of benzene rings is 2. The molecule has 2 aromatic carbocycles. The van der Waals surface area contributed by atoms with Crippen LogP contribution in [0.1, 0.15) is 38.4 Å². The molecule has 1 atom stereocenters. The average Bonchev–Trinajstić information content (AvgIpc) is 3.36. The summed E-state index contributed by atoms with van der Waals surface area (Å²) in [7, 11) is 0. The van der Waals surface area contributed by atoms with Crippen molar-refractivity contribution in [2.45, 2.75) is 38.0 Å². The number of amides is 1. The van der Waals surface area contributed by atoms with Crippen LogP contribution in [0.5, 0.6) is 0 Å².